The summed E-state index contributed by atoms with van der Waals surface area (Å²) in [5.74, 6) is 1.09. The zero-order valence-corrected chi connectivity index (χ0v) is 16.0. The van der Waals surface area contributed by atoms with Gasteiger partial charge in [0.25, 0.3) is 5.91 Å². The third-order valence-electron chi connectivity index (χ3n) is 5.28. The fraction of sp³-hybridized carbons (Fsp3) is 0.333. The Labute approximate surface area is 163 Å². The predicted molar refractivity (Wildman–Crippen MR) is 106 cm³/mol. The van der Waals surface area contributed by atoms with Crippen LogP contribution in [0.5, 0.6) is 5.75 Å². The quantitative estimate of drug-likeness (QED) is 0.676. The van der Waals surface area contributed by atoms with E-state index in [1.54, 1.807) is 25.3 Å². The van der Waals surface area contributed by atoms with Crippen LogP contribution in [0, 0.1) is 5.92 Å². The molecule has 6 heteroatoms. The molecule has 0 radical (unpaired) electrons. The van der Waals surface area contributed by atoms with Gasteiger partial charge in [0.2, 0.25) is 0 Å². The number of imidazole rings is 1. The van der Waals surface area contributed by atoms with Crippen molar-refractivity contribution in [3.8, 4) is 5.75 Å². The summed E-state index contributed by atoms with van der Waals surface area (Å²) in [5.41, 5.74) is 2.72. The summed E-state index contributed by atoms with van der Waals surface area (Å²) < 4.78 is 7.55. The Balaban J connectivity index is 1.42. The van der Waals surface area contributed by atoms with Gasteiger partial charge in [0.05, 0.1) is 30.0 Å². The monoisotopic (exact) mass is 383 g/mol. The molecule has 5 nitrogen and oxygen atoms in total. The molecule has 0 unspecified atom stereocenters. The van der Waals surface area contributed by atoms with E-state index in [1.165, 1.54) is 5.52 Å². The maximum atomic E-state index is 12.9. The molecule has 0 saturated carbocycles. The van der Waals surface area contributed by atoms with Gasteiger partial charge in [-0.05, 0) is 49.1 Å². The lowest BCUT2D eigenvalue weighted by molar-refractivity contribution is 0.0680. The number of methoxy groups -OCH3 is 1. The number of ether oxygens (including phenoxy) is 1. The maximum absolute atomic E-state index is 12.9. The van der Waals surface area contributed by atoms with E-state index < -0.39 is 0 Å². The van der Waals surface area contributed by atoms with Crippen LogP contribution in [0.3, 0.4) is 0 Å². The smallest absolute Gasteiger partial charge is 0.257 e. The molecule has 1 aromatic heterocycles. The lowest BCUT2D eigenvalue weighted by Gasteiger charge is -2.32. The minimum atomic E-state index is -0.0131. The zero-order chi connectivity index (χ0) is 18.8. The highest BCUT2D eigenvalue weighted by atomic mass is 35.5. The zero-order valence-electron chi connectivity index (χ0n) is 15.3. The topological polar surface area (TPSA) is 47.4 Å². The van der Waals surface area contributed by atoms with E-state index in [0.29, 0.717) is 22.3 Å². The number of halogens is 1. The van der Waals surface area contributed by atoms with Crippen LogP contribution in [-0.2, 0) is 6.54 Å². The Bertz CT molecular complexity index is 961. The first-order valence-corrected chi connectivity index (χ1v) is 9.56. The molecule has 27 heavy (non-hydrogen) atoms. The molecule has 0 atom stereocenters. The molecule has 0 aliphatic carbocycles. The number of aromatic nitrogens is 2. The van der Waals surface area contributed by atoms with Gasteiger partial charge in [-0.2, -0.15) is 0 Å². The number of hydrogen-bond donors (Lipinski definition) is 0. The largest absolute Gasteiger partial charge is 0.496 e. The molecule has 140 valence electrons. The average molecular weight is 384 g/mol. The molecule has 1 aliphatic heterocycles. The summed E-state index contributed by atoms with van der Waals surface area (Å²) in [6, 6.07) is 13.4. The van der Waals surface area contributed by atoms with E-state index in [1.807, 2.05) is 29.4 Å². The molecule has 1 aliphatic rings. The van der Waals surface area contributed by atoms with Gasteiger partial charge in [-0.15, -0.1) is 0 Å². The van der Waals surface area contributed by atoms with Crippen molar-refractivity contribution in [3.05, 3.63) is 59.4 Å². The van der Waals surface area contributed by atoms with Crippen molar-refractivity contribution in [3.63, 3.8) is 0 Å². The van der Waals surface area contributed by atoms with Gasteiger partial charge in [-0.25, -0.2) is 4.98 Å². The number of amides is 1. The molecule has 0 spiro atoms. The van der Waals surface area contributed by atoms with E-state index in [4.69, 9.17) is 16.3 Å². The summed E-state index contributed by atoms with van der Waals surface area (Å²) >= 11 is 6.07. The normalized spacial score (nSPS) is 15.3. The van der Waals surface area contributed by atoms with Gasteiger partial charge in [0, 0.05) is 24.7 Å². The van der Waals surface area contributed by atoms with Gasteiger partial charge in [-0.3, -0.25) is 4.79 Å². The second kappa shape index (κ2) is 7.61. The van der Waals surface area contributed by atoms with Crippen LogP contribution >= 0.6 is 11.6 Å². The van der Waals surface area contributed by atoms with Crippen LogP contribution < -0.4 is 4.74 Å². The highest BCUT2D eigenvalue weighted by Gasteiger charge is 2.26. The Kier molecular flexibility index (Phi) is 5.03. The minimum absolute atomic E-state index is 0.0131. The first kappa shape index (κ1) is 17.9. The number of carbonyl (C=O) groups excluding carboxylic acids is 1. The first-order chi connectivity index (χ1) is 13.2. The molecule has 1 fully saturated rings. The van der Waals surface area contributed by atoms with Gasteiger partial charge >= 0.3 is 0 Å². The Hall–Kier alpha value is -2.53. The third-order valence-corrected chi connectivity index (χ3v) is 5.51. The van der Waals surface area contributed by atoms with Crippen molar-refractivity contribution in [2.45, 2.75) is 19.4 Å². The average Bonchev–Trinajstić information content (AvgIpc) is 3.11. The van der Waals surface area contributed by atoms with E-state index >= 15 is 0 Å². The molecule has 2 heterocycles. The summed E-state index contributed by atoms with van der Waals surface area (Å²) in [5, 5.41) is 0.543. The summed E-state index contributed by atoms with van der Waals surface area (Å²) in [7, 11) is 1.57. The number of hydrogen-bond acceptors (Lipinski definition) is 3. The van der Waals surface area contributed by atoms with E-state index in [2.05, 4.69) is 15.6 Å². The van der Waals surface area contributed by atoms with Gasteiger partial charge in [-0.1, -0.05) is 23.7 Å². The molecule has 1 amide bonds. The summed E-state index contributed by atoms with van der Waals surface area (Å²) in [6.45, 7) is 2.42. The Morgan fingerprint density at radius 1 is 1.22 bits per heavy atom. The van der Waals surface area contributed by atoms with Gasteiger partial charge in [0.1, 0.15) is 5.75 Å². The second-order valence-corrected chi connectivity index (χ2v) is 7.40. The lowest BCUT2D eigenvalue weighted by atomic mass is 9.96. The number of nitrogens with zero attached hydrogens (tertiary/aromatic N) is 3. The fourth-order valence-corrected chi connectivity index (χ4v) is 3.94. The molecule has 0 bridgehead atoms. The van der Waals surface area contributed by atoms with Crippen LogP contribution in [0.4, 0.5) is 0 Å². The molecule has 1 saturated heterocycles. The number of fused-ring (bicyclic) bond motifs is 1. The molecule has 2 aromatic carbocycles. The molecular formula is C21H22ClN3O2. The van der Waals surface area contributed by atoms with Crippen LogP contribution in [0.25, 0.3) is 11.0 Å². The van der Waals surface area contributed by atoms with Gasteiger partial charge < -0.3 is 14.2 Å². The van der Waals surface area contributed by atoms with Crippen molar-refractivity contribution < 1.29 is 9.53 Å². The molecular weight excluding hydrogens is 362 g/mol. The van der Waals surface area contributed by atoms with Crippen LogP contribution in [0.1, 0.15) is 23.2 Å². The number of piperidine rings is 1. The van der Waals surface area contributed by atoms with E-state index in [9.17, 15) is 4.79 Å². The highest BCUT2D eigenvalue weighted by Crippen LogP contribution is 2.27. The maximum Gasteiger partial charge on any atom is 0.257 e. The number of carbonyl (C=O) groups is 1. The van der Waals surface area contributed by atoms with E-state index in [0.717, 1.165) is 38.0 Å². The molecule has 3 aromatic rings. The third kappa shape index (κ3) is 3.65. The summed E-state index contributed by atoms with van der Waals surface area (Å²) in [6.07, 6.45) is 3.86. The highest BCUT2D eigenvalue weighted by molar-refractivity contribution is 6.31. The van der Waals surface area contributed by atoms with Crippen LogP contribution in [-0.4, -0.2) is 40.6 Å². The molecule has 0 N–H and O–H groups in total. The number of rotatable bonds is 4. The van der Waals surface area contributed by atoms with Crippen molar-refractivity contribution in [1.82, 2.24) is 14.5 Å². The minimum Gasteiger partial charge on any atom is -0.496 e. The Morgan fingerprint density at radius 2 is 2.00 bits per heavy atom. The van der Waals surface area contributed by atoms with Gasteiger partial charge in [0.15, 0.2) is 0 Å². The standard InChI is InChI=1S/C21H22ClN3O2/c1-27-20-7-6-16(22)12-17(20)21(26)24-10-8-15(9-11-24)13-25-14-23-18-4-2-3-5-19(18)25/h2-7,12,14-15H,8-11,13H2,1H3. The SMILES string of the molecule is COc1ccc(Cl)cc1C(=O)N1CCC(Cn2cnc3ccccc32)CC1. The van der Waals surface area contributed by atoms with Crippen molar-refractivity contribution in [2.24, 2.45) is 5.92 Å². The number of para-hydroxylation sites is 2. The lowest BCUT2D eigenvalue weighted by Crippen LogP contribution is -2.39. The predicted octanol–water partition coefficient (Wildman–Crippen LogP) is 4.25. The number of benzene rings is 2. The van der Waals surface area contributed by atoms with Crippen LogP contribution in [0.15, 0.2) is 48.8 Å². The van der Waals surface area contributed by atoms with Crippen molar-refractivity contribution in [2.75, 3.05) is 20.2 Å². The first-order valence-electron chi connectivity index (χ1n) is 9.18. The fourth-order valence-electron chi connectivity index (χ4n) is 3.77. The summed E-state index contributed by atoms with van der Waals surface area (Å²) in [4.78, 5) is 19.3. The van der Waals surface area contributed by atoms with Crippen LogP contribution in [0.2, 0.25) is 5.02 Å². The van der Waals surface area contributed by atoms with Crippen molar-refractivity contribution >= 4 is 28.5 Å². The molecule has 4 rings (SSSR count). The van der Waals surface area contributed by atoms with Crippen molar-refractivity contribution in [1.29, 1.82) is 0 Å². The van der Waals surface area contributed by atoms with E-state index in [-0.39, 0.29) is 5.91 Å². The Morgan fingerprint density at radius 3 is 2.78 bits per heavy atom. The second-order valence-electron chi connectivity index (χ2n) is 6.97. The number of likely N-dealkylation sites (tertiary alicyclic amines) is 1.